The first-order valence-electron chi connectivity index (χ1n) is 10.4. The van der Waals surface area contributed by atoms with Crippen molar-refractivity contribution < 1.29 is 19.1 Å². The van der Waals surface area contributed by atoms with Crippen LogP contribution in [0.5, 0.6) is 5.75 Å². The highest BCUT2D eigenvalue weighted by atomic mass is 16.5. The van der Waals surface area contributed by atoms with E-state index in [2.05, 4.69) is 16.0 Å². The lowest BCUT2D eigenvalue weighted by Gasteiger charge is -2.12. The van der Waals surface area contributed by atoms with Crippen LogP contribution in [0.1, 0.15) is 36.5 Å². The van der Waals surface area contributed by atoms with E-state index in [0.717, 1.165) is 31.6 Å². The van der Waals surface area contributed by atoms with Gasteiger partial charge in [0.25, 0.3) is 5.91 Å². The van der Waals surface area contributed by atoms with Crippen LogP contribution in [0, 0.1) is 0 Å². The Kier molecular flexibility index (Phi) is 8.09. The number of ether oxygens (including phenoxy) is 2. The first-order chi connectivity index (χ1) is 14.6. The number of amides is 2. The highest BCUT2D eigenvalue weighted by molar-refractivity contribution is 5.96. The quantitative estimate of drug-likeness (QED) is 0.557. The average Bonchev–Trinajstić information content (AvgIpc) is 3.29. The van der Waals surface area contributed by atoms with E-state index in [1.165, 1.54) is 0 Å². The second kappa shape index (κ2) is 11.2. The summed E-state index contributed by atoms with van der Waals surface area (Å²) in [6, 6.07) is 14.4. The third-order valence-electron chi connectivity index (χ3n) is 4.71. The summed E-state index contributed by atoms with van der Waals surface area (Å²) in [6.45, 7) is 4.09. The van der Waals surface area contributed by atoms with Gasteiger partial charge in [-0.2, -0.15) is 0 Å². The molecule has 0 aliphatic carbocycles. The average molecular weight is 412 g/mol. The molecule has 30 heavy (non-hydrogen) atoms. The van der Waals surface area contributed by atoms with Crippen molar-refractivity contribution >= 4 is 23.2 Å². The number of benzene rings is 2. The summed E-state index contributed by atoms with van der Waals surface area (Å²) in [6.07, 6.45) is 3.18. The monoisotopic (exact) mass is 411 g/mol. The summed E-state index contributed by atoms with van der Waals surface area (Å²) in [5.74, 6) is 0.454. The predicted molar refractivity (Wildman–Crippen MR) is 117 cm³/mol. The Labute approximate surface area is 177 Å². The number of carbonyl (C=O) groups is 2. The zero-order chi connectivity index (χ0) is 21.2. The number of nitrogens with one attached hydrogen (secondary N) is 3. The van der Waals surface area contributed by atoms with Gasteiger partial charge >= 0.3 is 0 Å². The predicted octanol–water partition coefficient (Wildman–Crippen LogP) is 3.43. The number of hydrogen-bond donors (Lipinski definition) is 3. The number of anilines is 2. The lowest BCUT2D eigenvalue weighted by molar-refractivity contribution is -0.114. The fourth-order valence-corrected chi connectivity index (χ4v) is 3.10. The number of rotatable bonds is 10. The molecule has 3 N–H and O–H groups in total. The molecule has 1 saturated heterocycles. The van der Waals surface area contributed by atoms with Crippen LogP contribution in [0.3, 0.4) is 0 Å². The summed E-state index contributed by atoms with van der Waals surface area (Å²) in [7, 11) is 0. The minimum Gasteiger partial charge on any atom is -0.491 e. The van der Waals surface area contributed by atoms with E-state index >= 15 is 0 Å². The topological polar surface area (TPSA) is 88.7 Å². The smallest absolute Gasteiger partial charge is 0.251 e. The highest BCUT2D eigenvalue weighted by Crippen LogP contribution is 2.18. The van der Waals surface area contributed by atoms with Gasteiger partial charge in [0.05, 0.1) is 12.6 Å². The minimum atomic E-state index is -0.177. The van der Waals surface area contributed by atoms with Crippen molar-refractivity contribution in [3.8, 4) is 5.75 Å². The van der Waals surface area contributed by atoms with Crippen LogP contribution in [0.25, 0.3) is 0 Å². The molecule has 7 heteroatoms. The van der Waals surface area contributed by atoms with E-state index in [4.69, 9.17) is 9.47 Å². The van der Waals surface area contributed by atoms with E-state index < -0.39 is 0 Å². The Hall–Kier alpha value is -3.06. The van der Waals surface area contributed by atoms with Crippen molar-refractivity contribution in [1.82, 2.24) is 5.32 Å². The fraction of sp³-hybridized carbons (Fsp3) is 0.391. The van der Waals surface area contributed by atoms with Gasteiger partial charge in [0.2, 0.25) is 5.91 Å². The molecule has 0 spiro atoms. The molecular weight excluding hydrogens is 382 g/mol. The number of hydrogen-bond acceptors (Lipinski definition) is 5. The second-order valence-electron chi connectivity index (χ2n) is 7.21. The minimum absolute atomic E-state index is 0.0945. The molecule has 3 rings (SSSR count). The maximum Gasteiger partial charge on any atom is 0.251 e. The van der Waals surface area contributed by atoms with Crippen molar-refractivity contribution in [2.45, 2.75) is 32.3 Å². The van der Waals surface area contributed by atoms with Gasteiger partial charge in [-0.15, -0.1) is 0 Å². The van der Waals surface area contributed by atoms with Crippen molar-refractivity contribution in [3.63, 3.8) is 0 Å². The van der Waals surface area contributed by atoms with Gasteiger partial charge in [-0.1, -0.05) is 13.0 Å². The Morgan fingerprint density at radius 2 is 1.97 bits per heavy atom. The van der Waals surface area contributed by atoms with Gasteiger partial charge in [-0.3, -0.25) is 9.59 Å². The van der Waals surface area contributed by atoms with E-state index in [1.807, 2.05) is 25.1 Å². The van der Waals surface area contributed by atoms with Gasteiger partial charge in [-0.05, 0) is 61.7 Å². The van der Waals surface area contributed by atoms with Crippen LogP contribution in [0.2, 0.25) is 0 Å². The van der Waals surface area contributed by atoms with E-state index in [0.29, 0.717) is 30.1 Å². The van der Waals surface area contributed by atoms with Gasteiger partial charge in [0, 0.05) is 30.1 Å². The molecule has 1 heterocycles. The summed E-state index contributed by atoms with van der Waals surface area (Å²) < 4.78 is 11.3. The third kappa shape index (κ3) is 6.77. The first kappa shape index (κ1) is 21.6. The SMILES string of the molecule is CCCNC(=O)c1cccc(NCC(=O)Nc2ccc(OCC3CCCO3)cc2)c1. The van der Waals surface area contributed by atoms with Crippen LogP contribution >= 0.6 is 0 Å². The van der Waals surface area contributed by atoms with Gasteiger partial charge in [0.1, 0.15) is 12.4 Å². The van der Waals surface area contributed by atoms with E-state index in [9.17, 15) is 9.59 Å². The van der Waals surface area contributed by atoms with Crippen molar-refractivity contribution in [2.24, 2.45) is 0 Å². The highest BCUT2D eigenvalue weighted by Gasteiger charge is 2.16. The van der Waals surface area contributed by atoms with E-state index in [1.54, 1.807) is 30.3 Å². The lowest BCUT2D eigenvalue weighted by atomic mass is 10.2. The van der Waals surface area contributed by atoms with Crippen molar-refractivity contribution in [1.29, 1.82) is 0 Å². The maximum atomic E-state index is 12.2. The lowest BCUT2D eigenvalue weighted by Crippen LogP contribution is -2.24. The molecule has 160 valence electrons. The normalized spacial score (nSPS) is 15.4. The van der Waals surface area contributed by atoms with Crippen LogP contribution in [-0.2, 0) is 9.53 Å². The molecule has 0 aromatic heterocycles. The molecular formula is C23H29N3O4. The molecule has 1 atom stereocenters. The van der Waals surface area contributed by atoms with Crippen molar-refractivity contribution in [3.05, 3.63) is 54.1 Å². The van der Waals surface area contributed by atoms with Gasteiger partial charge in [0.15, 0.2) is 0 Å². The second-order valence-corrected chi connectivity index (χ2v) is 7.21. The molecule has 2 amide bonds. The van der Waals surface area contributed by atoms with Gasteiger partial charge in [-0.25, -0.2) is 0 Å². The zero-order valence-corrected chi connectivity index (χ0v) is 17.3. The molecule has 7 nitrogen and oxygen atoms in total. The Bertz CT molecular complexity index is 833. The summed E-state index contributed by atoms with van der Waals surface area (Å²) in [5, 5.41) is 8.73. The molecule has 0 radical (unpaired) electrons. The van der Waals surface area contributed by atoms with Crippen LogP contribution in [-0.4, -0.2) is 44.2 Å². The Morgan fingerprint density at radius 3 is 2.70 bits per heavy atom. The molecule has 1 fully saturated rings. The van der Waals surface area contributed by atoms with Crippen LogP contribution in [0.4, 0.5) is 11.4 Å². The summed E-state index contributed by atoms with van der Waals surface area (Å²) >= 11 is 0. The zero-order valence-electron chi connectivity index (χ0n) is 17.3. The van der Waals surface area contributed by atoms with Gasteiger partial charge < -0.3 is 25.4 Å². The molecule has 2 aromatic carbocycles. The molecule has 0 bridgehead atoms. The van der Waals surface area contributed by atoms with E-state index in [-0.39, 0.29) is 24.5 Å². The Balaban J connectivity index is 1.43. The Morgan fingerprint density at radius 1 is 1.13 bits per heavy atom. The van der Waals surface area contributed by atoms with Crippen molar-refractivity contribution in [2.75, 3.05) is 36.9 Å². The molecule has 1 aliphatic heterocycles. The molecule has 1 aliphatic rings. The first-order valence-corrected chi connectivity index (χ1v) is 10.4. The molecule has 0 saturated carbocycles. The largest absolute Gasteiger partial charge is 0.491 e. The van der Waals surface area contributed by atoms with Crippen LogP contribution in [0.15, 0.2) is 48.5 Å². The summed E-state index contributed by atoms with van der Waals surface area (Å²) in [5.41, 5.74) is 1.97. The summed E-state index contributed by atoms with van der Waals surface area (Å²) in [4.78, 5) is 24.3. The molecule has 1 unspecified atom stereocenters. The number of carbonyl (C=O) groups excluding carboxylic acids is 2. The van der Waals surface area contributed by atoms with Crippen LogP contribution < -0.4 is 20.7 Å². The third-order valence-corrected chi connectivity index (χ3v) is 4.71. The molecule has 2 aromatic rings. The maximum absolute atomic E-state index is 12.2. The fourth-order valence-electron chi connectivity index (χ4n) is 3.10. The standard InChI is InChI=1S/C23H29N3O4/c1-2-12-24-23(28)17-5-3-6-19(14-17)25-15-22(27)26-18-8-10-20(11-9-18)30-16-21-7-4-13-29-21/h3,5-6,8-11,14,21,25H,2,4,7,12-13,15-16H2,1H3,(H,24,28)(H,26,27).